The Morgan fingerprint density at radius 2 is 1.74 bits per heavy atom. The SMILES string of the molecule is COc1ccc(CCN2CCN(C(=O)[C@@H](N=C3NS(=O)(=O)c4ccccc43)C(C)C)CC2)cc1. The predicted octanol–water partition coefficient (Wildman–Crippen LogP) is 2.15. The number of nitrogens with zero attached hydrogens (tertiary/aromatic N) is 3. The monoisotopic (exact) mass is 484 g/mol. The quantitative estimate of drug-likeness (QED) is 0.650. The third-order valence-electron chi connectivity index (χ3n) is 6.38. The predicted molar refractivity (Wildman–Crippen MR) is 132 cm³/mol. The number of amides is 1. The van der Waals surface area contributed by atoms with Crippen molar-refractivity contribution < 1.29 is 17.9 Å². The summed E-state index contributed by atoms with van der Waals surface area (Å²) in [5.74, 6) is 0.986. The first kappa shape index (κ1) is 24.2. The van der Waals surface area contributed by atoms with E-state index in [9.17, 15) is 13.2 Å². The highest BCUT2D eigenvalue weighted by Gasteiger charge is 2.34. The molecule has 0 bridgehead atoms. The fourth-order valence-corrected chi connectivity index (χ4v) is 5.56. The highest BCUT2D eigenvalue weighted by atomic mass is 32.2. The van der Waals surface area contributed by atoms with E-state index < -0.39 is 16.1 Å². The summed E-state index contributed by atoms with van der Waals surface area (Å²) in [5.41, 5.74) is 1.78. The van der Waals surface area contributed by atoms with Gasteiger partial charge in [-0.1, -0.05) is 38.1 Å². The molecule has 9 heteroatoms. The van der Waals surface area contributed by atoms with Crippen molar-refractivity contribution in [1.29, 1.82) is 0 Å². The van der Waals surface area contributed by atoms with Crippen LogP contribution in [0.3, 0.4) is 0 Å². The van der Waals surface area contributed by atoms with Crippen LogP contribution < -0.4 is 9.46 Å². The van der Waals surface area contributed by atoms with Gasteiger partial charge in [-0.15, -0.1) is 0 Å². The molecule has 2 aromatic rings. The summed E-state index contributed by atoms with van der Waals surface area (Å²) in [6, 6.07) is 14.2. The van der Waals surface area contributed by atoms with E-state index in [0.717, 1.165) is 31.8 Å². The number of ether oxygens (including phenoxy) is 1. The van der Waals surface area contributed by atoms with E-state index in [1.165, 1.54) is 5.56 Å². The van der Waals surface area contributed by atoms with Gasteiger partial charge in [0.2, 0.25) is 5.91 Å². The van der Waals surface area contributed by atoms with Crippen LogP contribution in [0.2, 0.25) is 0 Å². The molecular weight excluding hydrogens is 452 g/mol. The molecule has 2 heterocycles. The molecule has 0 unspecified atom stereocenters. The maximum Gasteiger partial charge on any atom is 0.263 e. The molecular formula is C25H32N4O4S. The lowest BCUT2D eigenvalue weighted by Crippen LogP contribution is -2.52. The maximum absolute atomic E-state index is 13.4. The third-order valence-corrected chi connectivity index (χ3v) is 7.77. The number of fused-ring (bicyclic) bond motifs is 1. The van der Waals surface area contributed by atoms with Gasteiger partial charge in [0, 0.05) is 38.3 Å². The molecule has 2 aromatic carbocycles. The zero-order chi connectivity index (χ0) is 24.3. The molecule has 8 nitrogen and oxygen atoms in total. The topological polar surface area (TPSA) is 91.3 Å². The van der Waals surface area contributed by atoms with E-state index in [2.05, 4.69) is 26.7 Å². The molecule has 0 spiro atoms. The number of amidine groups is 1. The summed E-state index contributed by atoms with van der Waals surface area (Å²) >= 11 is 0. The fraction of sp³-hybridized carbons (Fsp3) is 0.440. The minimum absolute atomic E-state index is 0.0547. The molecule has 1 amide bonds. The normalized spacial score (nSPS) is 19.6. The Morgan fingerprint density at radius 1 is 1.06 bits per heavy atom. The van der Waals surface area contributed by atoms with Gasteiger partial charge in [-0.3, -0.25) is 19.4 Å². The molecule has 0 saturated carbocycles. The van der Waals surface area contributed by atoms with E-state index >= 15 is 0 Å². The van der Waals surface area contributed by atoms with Crippen molar-refractivity contribution in [2.24, 2.45) is 10.9 Å². The van der Waals surface area contributed by atoms with Crippen LogP contribution in [0.1, 0.15) is 25.0 Å². The molecule has 1 saturated heterocycles. The van der Waals surface area contributed by atoms with Crippen molar-refractivity contribution in [3.63, 3.8) is 0 Å². The molecule has 2 aliphatic rings. The van der Waals surface area contributed by atoms with Gasteiger partial charge >= 0.3 is 0 Å². The van der Waals surface area contributed by atoms with E-state index in [4.69, 9.17) is 4.74 Å². The Hall–Kier alpha value is -2.91. The number of methoxy groups -OCH3 is 1. The van der Waals surface area contributed by atoms with Crippen LogP contribution in [-0.4, -0.2) is 75.8 Å². The van der Waals surface area contributed by atoms with Crippen LogP contribution in [0.5, 0.6) is 5.75 Å². The van der Waals surface area contributed by atoms with E-state index in [0.29, 0.717) is 18.7 Å². The van der Waals surface area contributed by atoms with Crippen molar-refractivity contribution in [3.8, 4) is 5.75 Å². The highest BCUT2D eigenvalue weighted by molar-refractivity contribution is 7.90. The van der Waals surface area contributed by atoms with Gasteiger partial charge in [-0.2, -0.15) is 0 Å². The van der Waals surface area contributed by atoms with Crippen molar-refractivity contribution in [3.05, 3.63) is 59.7 Å². The van der Waals surface area contributed by atoms with Crippen molar-refractivity contribution in [1.82, 2.24) is 14.5 Å². The summed E-state index contributed by atoms with van der Waals surface area (Å²) < 4.78 is 32.6. The van der Waals surface area contributed by atoms with Crippen LogP contribution in [0.4, 0.5) is 0 Å². The van der Waals surface area contributed by atoms with Crippen molar-refractivity contribution in [2.45, 2.75) is 31.2 Å². The number of nitrogens with one attached hydrogen (secondary N) is 1. The van der Waals surface area contributed by atoms with Gasteiger partial charge in [0.1, 0.15) is 17.6 Å². The second-order valence-electron chi connectivity index (χ2n) is 9.03. The van der Waals surface area contributed by atoms with Gasteiger partial charge in [-0.05, 0) is 42.2 Å². The van der Waals surface area contributed by atoms with Crippen LogP contribution in [0.15, 0.2) is 58.4 Å². The lowest BCUT2D eigenvalue weighted by Gasteiger charge is -2.36. The molecule has 182 valence electrons. The molecule has 1 atom stereocenters. The second-order valence-corrected chi connectivity index (χ2v) is 10.7. The lowest BCUT2D eigenvalue weighted by molar-refractivity contribution is -0.135. The first-order valence-electron chi connectivity index (χ1n) is 11.6. The van der Waals surface area contributed by atoms with Gasteiger partial charge in [0.15, 0.2) is 0 Å². The zero-order valence-corrected chi connectivity index (χ0v) is 20.7. The Bertz CT molecular complexity index is 1150. The van der Waals surface area contributed by atoms with Gasteiger partial charge < -0.3 is 9.64 Å². The van der Waals surface area contributed by atoms with Crippen LogP contribution in [0, 0.1) is 5.92 Å². The number of benzene rings is 2. The summed E-state index contributed by atoms with van der Waals surface area (Å²) in [7, 11) is -1.97. The molecule has 0 radical (unpaired) electrons. The number of sulfonamides is 1. The second kappa shape index (κ2) is 10.1. The summed E-state index contributed by atoms with van der Waals surface area (Å²) in [6.45, 7) is 7.69. The number of carbonyl (C=O) groups is 1. The summed E-state index contributed by atoms with van der Waals surface area (Å²) in [5, 5.41) is 0. The fourth-order valence-electron chi connectivity index (χ4n) is 4.32. The van der Waals surface area contributed by atoms with Gasteiger partial charge in [0.25, 0.3) is 10.0 Å². The van der Waals surface area contributed by atoms with Crippen molar-refractivity contribution in [2.75, 3.05) is 39.8 Å². The number of aliphatic imine (C=N–C) groups is 1. The smallest absolute Gasteiger partial charge is 0.263 e. The highest BCUT2D eigenvalue weighted by Crippen LogP contribution is 2.24. The number of rotatable bonds is 7. The van der Waals surface area contributed by atoms with E-state index in [1.807, 2.05) is 30.9 Å². The average Bonchev–Trinajstić information content (AvgIpc) is 3.11. The molecule has 0 aliphatic carbocycles. The van der Waals surface area contributed by atoms with Crippen LogP contribution in [0.25, 0.3) is 0 Å². The number of hydrogen-bond donors (Lipinski definition) is 1. The summed E-state index contributed by atoms with van der Waals surface area (Å²) in [6.07, 6.45) is 0.944. The molecule has 0 aromatic heterocycles. The van der Waals surface area contributed by atoms with E-state index in [1.54, 1.807) is 31.4 Å². The lowest BCUT2D eigenvalue weighted by atomic mass is 10.0. The third kappa shape index (κ3) is 5.26. The Kier molecular flexibility index (Phi) is 7.23. The first-order valence-corrected chi connectivity index (χ1v) is 13.1. The zero-order valence-electron chi connectivity index (χ0n) is 19.9. The van der Waals surface area contributed by atoms with Crippen molar-refractivity contribution >= 4 is 21.8 Å². The number of piperazine rings is 1. The largest absolute Gasteiger partial charge is 0.497 e. The first-order chi connectivity index (χ1) is 16.3. The molecule has 4 rings (SSSR count). The van der Waals surface area contributed by atoms with Crippen LogP contribution in [-0.2, 0) is 21.2 Å². The minimum Gasteiger partial charge on any atom is -0.497 e. The van der Waals surface area contributed by atoms with Gasteiger partial charge in [-0.25, -0.2) is 8.42 Å². The maximum atomic E-state index is 13.4. The van der Waals surface area contributed by atoms with Crippen LogP contribution >= 0.6 is 0 Å². The number of hydrogen-bond acceptors (Lipinski definition) is 6. The Balaban J connectivity index is 1.38. The number of carbonyl (C=O) groups excluding carboxylic acids is 1. The molecule has 1 N–H and O–H groups in total. The molecule has 1 fully saturated rings. The minimum atomic E-state index is -3.64. The average molecular weight is 485 g/mol. The van der Waals surface area contributed by atoms with Gasteiger partial charge in [0.05, 0.1) is 12.0 Å². The standard InChI is InChI=1S/C25H32N4O4S/c1-18(2)23(26-24-21-6-4-5-7-22(21)34(31,32)27-24)25(30)29-16-14-28(15-17-29)13-12-19-8-10-20(33-3)11-9-19/h4-11,18,23H,12-17H2,1-3H3,(H,26,27)/t23-/m0/s1. The van der Waals surface area contributed by atoms with E-state index in [-0.39, 0.29) is 22.6 Å². The Morgan fingerprint density at radius 3 is 2.38 bits per heavy atom. The molecule has 2 aliphatic heterocycles. The Labute approximate surface area is 201 Å². The summed E-state index contributed by atoms with van der Waals surface area (Å²) in [4.78, 5) is 22.4. The molecule has 34 heavy (non-hydrogen) atoms.